The zero-order valence-electron chi connectivity index (χ0n) is 45.5. The number of fused-ring (bicyclic) bond motifs is 1. The summed E-state index contributed by atoms with van der Waals surface area (Å²) in [6, 6.07) is 10.4. The van der Waals surface area contributed by atoms with Gasteiger partial charge in [-0.2, -0.15) is 0 Å². The quantitative estimate of drug-likeness (QED) is 0.0342. The molecule has 1 saturated carbocycles. The van der Waals surface area contributed by atoms with Gasteiger partial charge in [0.15, 0.2) is 23.5 Å². The molecule has 7 atom stereocenters. The second-order valence-corrected chi connectivity index (χ2v) is 21.1. The monoisotopic (exact) mass is 1100 g/mol. The minimum atomic E-state index is -1.41. The minimum absolute atomic E-state index is 0.0125. The van der Waals surface area contributed by atoms with Crippen LogP contribution in [0.1, 0.15) is 120 Å². The molecule has 23 heteroatoms. The number of rotatable bonds is 20. The number of carbonyl (C=O) groups is 9. The van der Waals surface area contributed by atoms with Crippen LogP contribution >= 0.6 is 0 Å². The number of nitrogens with two attached hydrogens (primary N) is 4. The second kappa shape index (κ2) is 30.8. The number of imidazole rings is 1. The van der Waals surface area contributed by atoms with Crippen molar-refractivity contribution < 1.29 is 43.2 Å². The van der Waals surface area contributed by atoms with Gasteiger partial charge in [0.25, 0.3) is 0 Å². The Labute approximate surface area is 465 Å². The molecule has 1 aliphatic carbocycles. The number of nitrogens with zero attached hydrogens (tertiary/aromatic N) is 3. The van der Waals surface area contributed by atoms with Gasteiger partial charge in [-0.15, -0.1) is 0 Å². The largest absolute Gasteiger partial charge is 0.370 e. The molecule has 0 unspecified atom stereocenters. The lowest BCUT2D eigenvalue weighted by Crippen LogP contribution is -2.58. The van der Waals surface area contributed by atoms with E-state index in [0.29, 0.717) is 24.1 Å². The van der Waals surface area contributed by atoms with Crippen LogP contribution in [0.4, 0.5) is 0 Å². The molecule has 6 rings (SSSR count). The maximum atomic E-state index is 15.0. The molecule has 80 heavy (non-hydrogen) atoms. The fourth-order valence-electron chi connectivity index (χ4n) is 10.0. The van der Waals surface area contributed by atoms with Crippen LogP contribution in [0, 0.1) is 17.8 Å². The van der Waals surface area contributed by atoms with Gasteiger partial charge in [0.1, 0.15) is 29.7 Å². The SMILES string of the molecule is CC(=O)N[C@@H](CCCN=C(N)N)C(=O)N[C@H]1CCC(=O)CCCC[C@@H](C(=O)CC2CC2)NC(=O)[C@H](Cc2c[nH]c3ccccc23)CC(=O)[C@H](CCCN=C(N)N)CC(=O)[C@@H](Cc2ccccc2)NC(=O)[C@H](Cc2cnc[nH]2)NC1=O. The number of benzene rings is 2. The summed E-state index contributed by atoms with van der Waals surface area (Å²) in [6.07, 6.45) is 7.37. The first-order chi connectivity index (χ1) is 38.4. The number of carbonyl (C=O) groups excluding carboxylic acids is 9. The van der Waals surface area contributed by atoms with Gasteiger partial charge < -0.3 is 59.5 Å². The Morgan fingerprint density at radius 2 is 1.41 bits per heavy atom. The highest BCUT2D eigenvalue weighted by Gasteiger charge is 2.36. The number of hydrogen-bond acceptors (Lipinski definition) is 12. The summed E-state index contributed by atoms with van der Waals surface area (Å²) in [7, 11) is 0. The van der Waals surface area contributed by atoms with Crippen LogP contribution < -0.4 is 49.5 Å². The number of aliphatic imine (C=N–C) groups is 2. The smallest absolute Gasteiger partial charge is 0.243 e. The zero-order valence-corrected chi connectivity index (χ0v) is 45.5. The lowest BCUT2D eigenvalue weighted by molar-refractivity contribution is -0.135. The number of guanidine groups is 2. The number of Topliss-reactive ketones (excluding diaryl/α,β-unsaturated/α-hetero) is 4. The van der Waals surface area contributed by atoms with Crippen molar-refractivity contribution in [2.75, 3.05) is 13.1 Å². The van der Waals surface area contributed by atoms with Crippen LogP contribution in [-0.4, -0.2) is 123 Å². The Hall–Kier alpha value is -8.24. The molecule has 2 aromatic carbocycles. The molecule has 430 valence electrons. The first-order valence-corrected chi connectivity index (χ1v) is 27.7. The molecular formula is C57H78N14O9. The van der Waals surface area contributed by atoms with Crippen LogP contribution in [0.3, 0.4) is 0 Å². The fourth-order valence-corrected chi connectivity index (χ4v) is 10.0. The molecule has 5 amide bonds. The maximum absolute atomic E-state index is 15.0. The van der Waals surface area contributed by atoms with E-state index in [2.05, 4.69) is 51.5 Å². The van der Waals surface area contributed by atoms with Crippen molar-refractivity contribution in [3.63, 3.8) is 0 Å². The highest BCUT2D eigenvalue weighted by molar-refractivity contribution is 5.98. The second-order valence-electron chi connectivity index (χ2n) is 21.1. The molecule has 2 fully saturated rings. The van der Waals surface area contributed by atoms with E-state index in [1.54, 1.807) is 36.5 Å². The van der Waals surface area contributed by atoms with E-state index in [-0.39, 0.29) is 132 Å². The molecule has 1 saturated heterocycles. The van der Waals surface area contributed by atoms with Crippen molar-refractivity contribution in [2.45, 2.75) is 153 Å². The van der Waals surface area contributed by atoms with Crippen LogP contribution in [0.2, 0.25) is 0 Å². The third-order valence-corrected chi connectivity index (χ3v) is 14.5. The highest BCUT2D eigenvalue weighted by Crippen LogP contribution is 2.33. The summed E-state index contributed by atoms with van der Waals surface area (Å²) in [4.78, 5) is 146. The molecule has 3 heterocycles. The number of para-hydroxylation sites is 1. The first kappa shape index (κ1) is 61.0. The molecule has 0 bridgehead atoms. The van der Waals surface area contributed by atoms with Crippen LogP contribution in [-0.2, 0) is 62.4 Å². The van der Waals surface area contributed by atoms with Gasteiger partial charge >= 0.3 is 0 Å². The van der Waals surface area contributed by atoms with Gasteiger partial charge in [-0.25, -0.2) is 4.98 Å². The van der Waals surface area contributed by atoms with Crippen molar-refractivity contribution in [1.82, 2.24) is 41.5 Å². The molecule has 23 nitrogen and oxygen atoms in total. The third kappa shape index (κ3) is 20.2. The summed E-state index contributed by atoms with van der Waals surface area (Å²) < 4.78 is 0. The van der Waals surface area contributed by atoms with Crippen molar-refractivity contribution in [3.8, 4) is 0 Å². The van der Waals surface area contributed by atoms with E-state index >= 15 is 0 Å². The summed E-state index contributed by atoms with van der Waals surface area (Å²) in [5.74, 6) is -6.75. The van der Waals surface area contributed by atoms with E-state index in [4.69, 9.17) is 22.9 Å². The van der Waals surface area contributed by atoms with Crippen LogP contribution in [0.25, 0.3) is 10.9 Å². The molecule has 1 aliphatic heterocycles. The summed E-state index contributed by atoms with van der Waals surface area (Å²) in [5, 5.41) is 14.8. The van der Waals surface area contributed by atoms with E-state index in [9.17, 15) is 43.2 Å². The summed E-state index contributed by atoms with van der Waals surface area (Å²) >= 11 is 0. The molecule has 0 radical (unpaired) electrons. The van der Waals surface area contributed by atoms with Gasteiger partial charge in [0, 0.05) is 99.4 Å². The van der Waals surface area contributed by atoms with Crippen molar-refractivity contribution in [1.29, 1.82) is 0 Å². The molecule has 2 aliphatic rings. The summed E-state index contributed by atoms with van der Waals surface area (Å²) in [6.45, 7) is 1.52. The predicted molar refractivity (Wildman–Crippen MR) is 301 cm³/mol. The minimum Gasteiger partial charge on any atom is -0.370 e. The van der Waals surface area contributed by atoms with E-state index in [0.717, 1.165) is 29.3 Å². The number of nitrogens with one attached hydrogen (secondary N) is 7. The van der Waals surface area contributed by atoms with Crippen molar-refractivity contribution in [3.05, 3.63) is 90.1 Å². The van der Waals surface area contributed by atoms with Gasteiger partial charge in [0.2, 0.25) is 29.5 Å². The van der Waals surface area contributed by atoms with Crippen LogP contribution in [0.5, 0.6) is 0 Å². The Balaban J connectivity index is 1.38. The molecule has 2 aromatic heterocycles. The molecular weight excluding hydrogens is 1020 g/mol. The zero-order chi connectivity index (χ0) is 57.6. The van der Waals surface area contributed by atoms with E-state index < -0.39 is 83.1 Å². The Kier molecular flexibility index (Phi) is 23.5. The lowest BCUT2D eigenvalue weighted by atomic mass is 9.83. The van der Waals surface area contributed by atoms with Crippen molar-refractivity contribution in [2.24, 2.45) is 50.7 Å². The number of aromatic nitrogens is 3. The number of hydrogen-bond donors (Lipinski definition) is 11. The normalized spacial score (nSPS) is 21.8. The highest BCUT2D eigenvalue weighted by atomic mass is 16.2. The van der Waals surface area contributed by atoms with Gasteiger partial charge in [0.05, 0.1) is 18.4 Å². The molecule has 0 spiro atoms. The van der Waals surface area contributed by atoms with Gasteiger partial charge in [-0.3, -0.25) is 53.1 Å². The standard InChI is InChI=1S/C57H78N14O9/c1-34(72)67-45(18-10-24-64-57(60)61)53(78)69-46-22-21-41(73)14-5-7-17-44(50(75)26-36-19-20-36)68-52(77)38(27-39-31-65-43-16-8-6-15-42(39)43)29-49(74)37(13-9-23-63-56(58)59)28-51(76)47(25-35-11-3-2-4-12-35)70-55(80)48(71-54(46)79)30-40-32-62-33-66-40/h2-4,6,8,11-12,15-16,31-33,36-38,44-48,65H,5,7,9-10,13-14,17-30H2,1H3,(H,62,66)(H,67,72)(H,68,77)(H,69,78)(H,70,80)(H,71,79)(H4,58,59,63)(H4,60,61,64)/t37-,38-,44+,45+,46+,47-,48+/m1/s1. The number of aromatic amines is 2. The van der Waals surface area contributed by atoms with Crippen LogP contribution in [0.15, 0.2) is 83.3 Å². The Bertz CT molecular complexity index is 2820. The van der Waals surface area contributed by atoms with Gasteiger partial charge in [-0.05, 0) is 93.7 Å². The Morgan fingerprint density at radius 3 is 2.11 bits per heavy atom. The maximum Gasteiger partial charge on any atom is 0.243 e. The molecule has 4 aromatic rings. The van der Waals surface area contributed by atoms with Crippen molar-refractivity contribution >= 4 is 75.5 Å². The lowest BCUT2D eigenvalue weighted by Gasteiger charge is -2.27. The first-order valence-electron chi connectivity index (χ1n) is 27.7. The Morgan fingerprint density at radius 1 is 0.713 bits per heavy atom. The predicted octanol–water partition coefficient (Wildman–Crippen LogP) is 1.91. The number of ketones is 4. The topological polar surface area (TPSA) is 387 Å². The fraction of sp³-hybridized carbons (Fsp3) is 0.509. The average molecular weight is 1100 g/mol. The number of H-pyrrole nitrogens is 2. The van der Waals surface area contributed by atoms with E-state index in [1.807, 2.05) is 24.3 Å². The summed E-state index contributed by atoms with van der Waals surface area (Å²) in [5.41, 5.74) is 25.0. The van der Waals surface area contributed by atoms with Gasteiger partial charge in [-0.1, -0.05) is 55.0 Å². The molecule has 15 N–H and O–H groups in total. The average Bonchev–Trinajstić information content (AvgIpc) is 3.92. The number of amides is 5. The van der Waals surface area contributed by atoms with E-state index in [1.165, 1.54) is 19.4 Å². The third-order valence-electron chi connectivity index (χ3n) is 14.5.